The number of halogens is 1. The third-order valence-corrected chi connectivity index (χ3v) is 7.36. The number of nitrogens with one attached hydrogen (secondary N) is 3. The maximum absolute atomic E-state index is 15.3. The molecule has 0 spiro atoms. The third kappa shape index (κ3) is 6.17. The number of carbonyl (C=O) groups excluding carboxylic acids is 3. The van der Waals surface area contributed by atoms with E-state index in [1.165, 1.54) is 42.5 Å². The molecule has 3 amide bonds. The molecule has 4 aromatic carbocycles. The Balaban J connectivity index is 1.40. The van der Waals surface area contributed by atoms with E-state index in [1.54, 1.807) is 55.5 Å². The van der Waals surface area contributed by atoms with Crippen molar-refractivity contribution in [2.45, 2.75) is 13.1 Å². The van der Waals surface area contributed by atoms with Crippen molar-refractivity contribution in [1.29, 1.82) is 0 Å². The Morgan fingerprint density at radius 3 is 2.51 bits per heavy atom. The molecular weight excluding hydrogens is 609 g/mol. The first-order valence-electron chi connectivity index (χ1n) is 14.1. The van der Waals surface area contributed by atoms with E-state index in [0.29, 0.717) is 28.2 Å². The Kier molecular flexibility index (Phi) is 8.25. The maximum Gasteiger partial charge on any atom is 0.321 e. The van der Waals surface area contributed by atoms with Crippen molar-refractivity contribution < 1.29 is 23.7 Å². The average Bonchev–Trinajstić information content (AvgIpc) is 3.58. The van der Waals surface area contributed by atoms with E-state index in [0.717, 1.165) is 4.90 Å². The summed E-state index contributed by atoms with van der Waals surface area (Å²) < 4.78 is 15.3. The third-order valence-electron chi connectivity index (χ3n) is 7.36. The number of urea groups is 1. The molecule has 0 saturated heterocycles. The number of benzene rings is 4. The molecule has 47 heavy (non-hydrogen) atoms. The van der Waals surface area contributed by atoms with E-state index < -0.39 is 46.9 Å². The molecule has 1 unspecified atom stereocenters. The number of aromatic nitrogens is 4. The molecule has 1 aromatic heterocycles. The summed E-state index contributed by atoms with van der Waals surface area (Å²) in [4.78, 5) is 57.9. The molecule has 0 bridgehead atoms. The van der Waals surface area contributed by atoms with Gasteiger partial charge in [-0.25, -0.2) is 19.3 Å². The van der Waals surface area contributed by atoms with Crippen molar-refractivity contribution >= 4 is 40.5 Å². The van der Waals surface area contributed by atoms with Gasteiger partial charge in [0.25, 0.3) is 11.6 Å². The molecule has 0 saturated carbocycles. The lowest BCUT2D eigenvalue weighted by Crippen LogP contribution is -2.50. The minimum absolute atomic E-state index is 0.0552. The van der Waals surface area contributed by atoms with E-state index in [-0.39, 0.29) is 22.5 Å². The van der Waals surface area contributed by atoms with Gasteiger partial charge in [-0.1, -0.05) is 54.6 Å². The molecule has 14 nitrogen and oxygen atoms in total. The zero-order valence-corrected chi connectivity index (χ0v) is 24.5. The highest BCUT2D eigenvalue weighted by Crippen LogP contribution is 2.33. The number of para-hydroxylation sites is 2. The molecule has 234 valence electrons. The number of hydrogen-bond acceptors (Lipinski definition) is 9. The first kappa shape index (κ1) is 30.4. The van der Waals surface area contributed by atoms with Gasteiger partial charge in [0.15, 0.2) is 11.6 Å². The second kappa shape index (κ2) is 12.8. The van der Waals surface area contributed by atoms with Gasteiger partial charge in [0, 0.05) is 28.4 Å². The summed E-state index contributed by atoms with van der Waals surface area (Å²) in [5, 5.41) is 30.4. The van der Waals surface area contributed by atoms with Gasteiger partial charge in [-0.2, -0.15) is 0 Å². The number of benzodiazepines with no additional fused rings is 1. The highest BCUT2D eigenvalue weighted by Gasteiger charge is 2.36. The number of Topliss-reactive ketones (excluding diaryl/α,β-unsaturated/α-hetero) is 1. The quantitative estimate of drug-likeness (QED) is 0.127. The number of nitrogens with zero attached hydrogens (tertiary/aromatic N) is 6. The number of anilines is 2. The number of fused-ring (bicyclic) bond motifs is 1. The van der Waals surface area contributed by atoms with E-state index in [1.807, 2.05) is 0 Å². The highest BCUT2D eigenvalue weighted by molar-refractivity contribution is 6.22. The summed E-state index contributed by atoms with van der Waals surface area (Å²) in [6.07, 6.45) is -1.64. The Morgan fingerprint density at radius 1 is 1.00 bits per heavy atom. The minimum atomic E-state index is -1.64. The van der Waals surface area contributed by atoms with E-state index in [9.17, 15) is 24.5 Å². The Bertz CT molecular complexity index is 2070. The van der Waals surface area contributed by atoms with Gasteiger partial charge in [-0.15, -0.1) is 5.10 Å². The fraction of sp³-hybridized carbons (Fsp3) is 0.0938. The molecule has 6 rings (SSSR count). The summed E-state index contributed by atoms with van der Waals surface area (Å²) in [7, 11) is 0. The summed E-state index contributed by atoms with van der Waals surface area (Å²) in [6, 6.07) is 22.0. The first-order valence-corrected chi connectivity index (χ1v) is 14.1. The lowest BCUT2D eigenvalue weighted by atomic mass is 9.97. The topological polar surface area (TPSA) is 188 Å². The number of aromatic amines is 1. The molecule has 1 aliphatic rings. The molecule has 1 aliphatic heterocycles. The molecular formula is C32H24FN9O5. The first-order chi connectivity index (χ1) is 22.7. The average molecular weight is 634 g/mol. The van der Waals surface area contributed by atoms with Gasteiger partial charge in [-0.3, -0.25) is 19.7 Å². The van der Waals surface area contributed by atoms with Crippen LogP contribution in [0.3, 0.4) is 0 Å². The number of aliphatic imine (C=N–C) groups is 1. The molecule has 0 radical (unpaired) electrons. The number of rotatable bonds is 8. The summed E-state index contributed by atoms with van der Waals surface area (Å²) in [5.41, 5.74) is 1.48. The van der Waals surface area contributed by atoms with Gasteiger partial charge in [0.05, 0.1) is 28.4 Å². The largest absolute Gasteiger partial charge is 0.321 e. The van der Waals surface area contributed by atoms with E-state index >= 15 is 4.39 Å². The van der Waals surface area contributed by atoms with E-state index in [2.05, 4.69) is 36.3 Å². The van der Waals surface area contributed by atoms with Crippen LogP contribution in [0.2, 0.25) is 0 Å². The SMILES string of the molecule is Cc1cccc2c1N(CC(=O)c1ccccc1[N+](=O)[O-])C(=O)C(NC(=O)Nc1cccc(-c3nnn[nH]3)c1)N=C2c1ccccc1F. The minimum Gasteiger partial charge on any atom is -0.308 e. The Hall–Kier alpha value is -6.64. The van der Waals surface area contributed by atoms with Crippen molar-refractivity contribution in [1.82, 2.24) is 25.9 Å². The van der Waals surface area contributed by atoms with Crippen molar-refractivity contribution in [2.24, 2.45) is 4.99 Å². The van der Waals surface area contributed by atoms with Crippen LogP contribution in [0.1, 0.15) is 27.0 Å². The van der Waals surface area contributed by atoms with Crippen LogP contribution in [0.5, 0.6) is 0 Å². The predicted octanol–water partition coefficient (Wildman–Crippen LogP) is 4.44. The normalized spacial score (nSPS) is 14.1. The lowest BCUT2D eigenvalue weighted by Gasteiger charge is -2.26. The summed E-state index contributed by atoms with van der Waals surface area (Å²) in [5.74, 6) is -1.82. The summed E-state index contributed by atoms with van der Waals surface area (Å²) in [6.45, 7) is 1.07. The molecule has 0 fully saturated rings. The van der Waals surface area contributed by atoms with Crippen LogP contribution >= 0.6 is 0 Å². The number of aryl methyl sites for hydroxylation is 1. The number of carbonyl (C=O) groups is 3. The van der Waals surface area contributed by atoms with Crippen LogP contribution in [0, 0.1) is 22.9 Å². The number of tetrazole rings is 1. The number of H-pyrrole nitrogens is 1. The number of nitro groups is 1. The standard InChI is InChI=1S/C32H24FN9O5/c1-18-8-6-13-23-27(21-11-2-4-14-24(21)33)35-30(36-32(45)34-20-10-7-9-19(16-20)29-37-39-40-38-29)31(44)41(28(18)23)17-26(43)22-12-3-5-15-25(22)42(46)47/h2-16,30H,17H2,1H3,(H2,34,36,45)(H,37,38,39,40). The van der Waals surface area contributed by atoms with Gasteiger partial charge < -0.3 is 15.5 Å². The molecule has 5 aromatic rings. The van der Waals surface area contributed by atoms with Crippen LogP contribution < -0.4 is 15.5 Å². The van der Waals surface area contributed by atoms with Gasteiger partial charge in [-0.05, 0) is 53.2 Å². The molecule has 0 aliphatic carbocycles. The van der Waals surface area contributed by atoms with Gasteiger partial charge >= 0.3 is 6.03 Å². The van der Waals surface area contributed by atoms with Gasteiger partial charge in [0.2, 0.25) is 6.17 Å². The number of hydrogen-bond donors (Lipinski definition) is 3. The molecule has 15 heteroatoms. The highest BCUT2D eigenvalue weighted by atomic mass is 19.1. The monoisotopic (exact) mass is 633 g/mol. The fourth-order valence-electron chi connectivity index (χ4n) is 5.25. The Labute approximate surface area is 265 Å². The number of nitro benzene ring substituents is 1. The molecule has 2 heterocycles. The lowest BCUT2D eigenvalue weighted by molar-refractivity contribution is -0.385. The van der Waals surface area contributed by atoms with Crippen LogP contribution in [0.15, 0.2) is 96.0 Å². The van der Waals surface area contributed by atoms with Gasteiger partial charge in [0.1, 0.15) is 5.82 Å². The zero-order chi connectivity index (χ0) is 33.1. The maximum atomic E-state index is 15.3. The van der Waals surface area contributed by atoms with Crippen LogP contribution in [-0.2, 0) is 4.79 Å². The van der Waals surface area contributed by atoms with Crippen molar-refractivity contribution in [3.8, 4) is 11.4 Å². The fourth-order valence-corrected chi connectivity index (χ4v) is 5.25. The van der Waals surface area contributed by atoms with Crippen molar-refractivity contribution in [3.05, 3.63) is 129 Å². The zero-order valence-electron chi connectivity index (χ0n) is 24.5. The van der Waals surface area contributed by atoms with Crippen molar-refractivity contribution in [2.75, 3.05) is 16.8 Å². The molecule has 1 atom stereocenters. The van der Waals surface area contributed by atoms with Crippen LogP contribution in [0.4, 0.5) is 26.2 Å². The smallest absolute Gasteiger partial charge is 0.308 e. The molecule has 3 N–H and O–H groups in total. The number of ketones is 1. The van der Waals surface area contributed by atoms with Crippen LogP contribution in [-0.4, -0.2) is 61.7 Å². The summed E-state index contributed by atoms with van der Waals surface area (Å²) >= 11 is 0. The van der Waals surface area contributed by atoms with Crippen molar-refractivity contribution in [3.63, 3.8) is 0 Å². The Morgan fingerprint density at radius 2 is 1.74 bits per heavy atom. The number of amides is 3. The van der Waals surface area contributed by atoms with Crippen LogP contribution in [0.25, 0.3) is 11.4 Å². The van der Waals surface area contributed by atoms with E-state index in [4.69, 9.17) is 0 Å². The second-order valence-electron chi connectivity index (χ2n) is 10.4. The predicted molar refractivity (Wildman–Crippen MR) is 169 cm³/mol. The second-order valence-corrected chi connectivity index (χ2v) is 10.4.